The number of nitrogens with one attached hydrogen (secondary N) is 1. The van der Waals surface area contributed by atoms with E-state index in [1.54, 1.807) is 19.1 Å². The predicted octanol–water partition coefficient (Wildman–Crippen LogP) is 3.90. The molecule has 0 saturated heterocycles. The second kappa shape index (κ2) is 5.48. The van der Waals surface area contributed by atoms with Crippen LogP contribution in [0.1, 0.15) is 18.1 Å². The highest BCUT2D eigenvalue weighted by Crippen LogP contribution is 2.32. The Morgan fingerprint density at radius 2 is 1.85 bits per heavy atom. The van der Waals surface area contributed by atoms with E-state index in [1.807, 2.05) is 6.92 Å². The Morgan fingerprint density at radius 1 is 1.10 bits per heavy atom. The molecule has 3 nitrogen and oxygen atoms in total. The minimum absolute atomic E-state index is 0.519. The predicted molar refractivity (Wildman–Crippen MR) is 71.4 cm³/mol. The minimum Gasteiger partial charge on any atom is -0.369 e. The lowest BCUT2D eigenvalue weighted by Gasteiger charge is -2.10. The second-order valence-corrected chi connectivity index (χ2v) is 4.36. The third kappa shape index (κ3) is 3.07. The fourth-order valence-electron chi connectivity index (χ4n) is 1.88. The average Bonchev–Trinajstić information content (AvgIpc) is 2.39. The van der Waals surface area contributed by atoms with Gasteiger partial charge in [-0.25, -0.2) is 0 Å². The van der Waals surface area contributed by atoms with E-state index < -0.39 is 11.7 Å². The molecule has 0 amide bonds. The van der Waals surface area contributed by atoms with Crippen LogP contribution in [-0.4, -0.2) is 16.7 Å². The molecule has 1 N–H and O–H groups in total. The lowest BCUT2D eigenvalue weighted by Crippen LogP contribution is -2.05. The lowest BCUT2D eigenvalue weighted by atomic mass is 10.0. The topological polar surface area (TPSA) is 37.8 Å². The summed E-state index contributed by atoms with van der Waals surface area (Å²) in [6.07, 6.45) is -4.33. The van der Waals surface area contributed by atoms with Gasteiger partial charge in [-0.3, -0.25) is 0 Å². The van der Waals surface area contributed by atoms with E-state index in [9.17, 15) is 13.2 Å². The lowest BCUT2D eigenvalue weighted by molar-refractivity contribution is -0.137. The Labute approximate surface area is 114 Å². The Hall–Kier alpha value is -2.11. The van der Waals surface area contributed by atoms with Crippen molar-refractivity contribution < 1.29 is 13.2 Å². The molecule has 6 heteroatoms. The molecule has 0 aliphatic carbocycles. The van der Waals surface area contributed by atoms with Gasteiger partial charge in [-0.1, -0.05) is 6.07 Å². The van der Waals surface area contributed by atoms with E-state index in [1.165, 1.54) is 6.07 Å². The van der Waals surface area contributed by atoms with E-state index >= 15 is 0 Å². The zero-order valence-electron chi connectivity index (χ0n) is 11.1. The van der Waals surface area contributed by atoms with Gasteiger partial charge in [-0.15, -0.1) is 10.2 Å². The molecule has 0 aliphatic heterocycles. The number of rotatable bonds is 3. The summed E-state index contributed by atoms with van der Waals surface area (Å²) in [7, 11) is 0. The molecule has 106 valence electrons. The first-order valence-electron chi connectivity index (χ1n) is 6.17. The van der Waals surface area contributed by atoms with Crippen LogP contribution in [0.5, 0.6) is 0 Å². The fraction of sp³-hybridized carbons (Fsp3) is 0.286. The molecular formula is C14H14F3N3. The van der Waals surface area contributed by atoms with E-state index in [0.29, 0.717) is 22.6 Å². The van der Waals surface area contributed by atoms with Crippen molar-refractivity contribution in [2.24, 2.45) is 0 Å². The van der Waals surface area contributed by atoms with Crippen LogP contribution >= 0.6 is 0 Å². The van der Waals surface area contributed by atoms with Gasteiger partial charge >= 0.3 is 6.18 Å². The van der Waals surface area contributed by atoms with Gasteiger partial charge in [0.1, 0.15) is 5.82 Å². The average molecular weight is 281 g/mol. The van der Waals surface area contributed by atoms with Crippen LogP contribution < -0.4 is 5.32 Å². The molecule has 0 spiro atoms. The highest BCUT2D eigenvalue weighted by atomic mass is 19.4. The zero-order chi connectivity index (χ0) is 14.8. The van der Waals surface area contributed by atoms with Crippen LogP contribution in [0.4, 0.5) is 19.0 Å². The fourth-order valence-corrected chi connectivity index (χ4v) is 1.88. The number of aromatic nitrogens is 2. The first-order chi connectivity index (χ1) is 9.41. The molecule has 2 rings (SSSR count). The van der Waals surface area contributed by atoms with Crippen LogP contribution in [0.25, 0.3) is 11.3 Å². The molecule has 1 heterocycles. The smallest absolute Gasteiger partial charge is 0.369 e. The summed E-state index contributed by atoms with van der Waals surface area (Å²) in [5.41, 5.74) is 1.06. The van der Waals surface area contributed by atoms with Crippen LogP contribution in [0.15, 0.2) is 30.3 Å². The van der Waals surface area contributed by atoms with E-state index in [-0.39, 0.29) is 0 Å². The van der Waals surface area contributed by atoms with Crippen LogP contribution in [0, 0.1) is 6.92 Å². The Balaban J connectivity index is 2.33. The molecule has 1 aromatic heterocycles. The Bertz CT molecular complexity index is 592. The molecule has 0 unspecified atom stereocenters. The van der Waals surface area contributed by atoms with E-state index in [0.717, 1.165) is 18.7 Å². The summed E-state index contributed by atoms with van der Waals surface area (Å²) in [5.74, 6) is 0.640. The van der Waals surface area contributed by atoms with Gasteiger partial charge in [0.15, 0.2) is 0 Å². The normalized spacial score (nSPS) is 11.4. The van der Waals surface area contributed by atoms with Crippen LogP contribution in [0.3, 0.4) is 0 Å². The first-order valence-corrected chi connectivity index (χ1v) is 6.17. The number of alkyl halides is 3. The van der Waals surface area contributed by atoms with Gasteiger partial charge in [0.05, 0.1) is 11.3 Å². The number of hydrogen-bond donors (Lipinski definition) is 1. The largest absolute Gasteiger partial charge is 0.416 e. The van der Waals surface area contributed by atoms with Gasteiger partial charge in [-0.05, 0) is 43.7 Å². The molecule has 20 heavy (non-hydrogen) atoms. The maximum absolute atomic E-state index is 12.6. The number of halogens is 3. The van der Waals surface area contributed by atoms with E-state index in [2.05, 4.69) is 15.5 Å². The Morgan fingerprint density at radius 3 is 2.35 bits per heavy atom. The summed E-state index contributed by atoms with van der Waals surface area (Å²) in [4.78, 5) is 0. The SMILES string of the molecule is CCNc1ccc(-c2ccc(C(F)(F)F)cc2C)nn1. The molecule has 2 aromatic rings. The van der Waals surface area contributed by atoms with Gasteiger partial charge in [0.25, 0.3) is 0 Å². The third-order valence-corrected chi connectivity index (χ3v) is 2.85. The van der Waals surface area contributed by atoms with Crippen molar-refractivity contribution in [2.75, 3.05) is 11.9 Å². The number of nitrogens with zero attached hydrogens (tertiary/aromatic N) is 2. The molecule has 0 aliphatic rings. The van der Waals surface area contributed by atoms with Crippen molar-refractivity contribution in [3.63, 3.8) is 0 Å². The monoisotopic (exact) mass is 281 g/mol. The van der Waals surface area contributed by atoms with Crippen molar-refractivity contribution in [3.05, 3.63) is 41.5 Å². The molecule has 0 bridgehead atoms. The van der Waals surface area contributed by atoms with Gasteiger partial charge in [0.2, 0.25) is 0 Å². The van der Waals surface area contributed by atoms with Crippen LogP contribution in [-0.2, 0) is 6.18 Å². The second-order valence-electron chi connectivity index (χ2n) is 4.36. The number of benzene rings is 1. The number of aryl methyl sites for hydroxylation is 1. The Kier molecular flexibility index (Phi) is 3.92. The molecule has 0 saturated carbocycles. The van der Waals surface area contributed by atoms with Crippen molar-refractivity contribution >= 4 is 5.82 Å². The van der Waals surface area contributed by atoms with Gasteiger partial charge < -0.3 is 5.32 Å². The summed E-state index contributed by atoms with van der Waals surface area (Å²) in [6, 6.07) is 7.09. The van der Waals surface area contributed by atoms with Gasteiger partial charge in [-0.2, -0.15) is 13.2 Å². The highest BCUT2D eigenvalue weighted by Gasteiger charge is 2.30. The quantitative estimate of drug-likeness (QED) is 0.927. The molecule has 0 atom stereocenters. The first kappa shape index (κ1) is 14.3. The summed E-state index contributed by atoms with van der Waals surface area (Å²) < 4.78 is 37.8. The highest BCUT2D eigenvalue weighted by molar-refractivity contribution is 5.64. The molecule has 1 aromatic carbocycles. The van der Waals surface area contributed by atoms with Crippen LogP contribution in [0.2, 0.25) is 0 Å². The molecule has 0 radical (unpaired) electrons. The summed E-state index contributed by atoms with van der Waals surface area (Å²) in [5, 5.41) is 11.0. The number of anilines is 1. The van der Waals surface area contributed by atoms with Crippen molar-refractivity contribution in [2.45, 2.75) is 20.0 Å². The molecule has 0 fully saturated rings. The number of hydrogen-bond acceptors (Lipinski definition) is 3. The van der Waals surface area contributed by atoms with Crippen molar-refractivity contribution in [1.29, 1.82) is 0 Å². The summed E-state index contributed by atoms with van der Waals surface area (Å²) in [6.45, 7) is 4.30. The maximum atomic E-state index is 12.6. The standard InChI is InChI=1S/C14H14F3N3/c1-3-18-13-7-6-12(19-20-13)11-5-4-10(8-9(11)2)14(15,16)17/h4-8H,3H2,1-2H3,(H,18,20). The van der Waals surface area contributed by atoms with Crippen molar-refractivity contribution in [1.82, 2.24) is 10.2 Å². The minimum atomic E-state index is -4.33. The zero-order valence-corrected chi connectivity index (χ0v) is 11.1. The maximum Gasteiger partial charge on any atom is 0.416 e. The van der Waals surface area contributed by atoms with Gasteiger partial charge in [0, 0.05) is 12.1 Å². The molecular weight excluding hydrogens is 267 g/mol. The third-order valence-electron chi connectivity index (χ3n) is 2.85. The van der Waals surface area contributed by atoms with Crippen molar-refractivity contribution in [3.8, 4) is 11.3 Å². The van der Waals surface area contributed by atoms with E-state index in [4.69, 9.17) is 0 Å². The summed E-state index contributed by atoms with van der Waals surface area (Å²) >= 11 is 0.